The fourth-order valence-electron chi connectivity index (χ4n) is 7.67. The average Bonchev–Trinajstić information content (AvgIpc) is 3.63. The zero-order valence-electron chi connectivity index (χ0n) is 28.9. The molecule has 0 saturated carbocycles. The zero-order chi connectivity index (χ0) is 35.1. The van der Waals surface area contributed by atoms with Gasteiger partial charge in [0.2, 0.25) is 0 Å². The molecular weight excluding hydrogens is 647 g/mol. The number of aromatic nitrogens is 3. The molecule has 53 heavy (non-hydrogen) atoms. The van der Waals surface area contributed by atoms with Gasteiger partial charge in [0.15, 0.2) is 17.5 Å². The van der Waals surface area contributed by atoms with Crippen LogP contribution in [0.4, 0.5) is 0 Å². The Bertz CT molecular complexity index is 2850. The van der Waals surface area contributed by atoms with Gasteiger partial charge in [-0.3, -0.25) is 0 Å². The van der Waals surface area contributed by atoms with E-state index in [-0.39, 0.29) is 0 Å². The van der Waals surface area contributed by atoms with Crippen LogP contribution in [0.1, 0.15) is 23.7 Å². The highest BCUT2D eigenvalue weighted by atomic mass is 16.3. The van der Waals surface area contributed by atoms with Gasteiger partial charge in [-0.1, -0.05) is 170 Å². The van der Waals surface area contributed by atoms with Crippen molar-refractivity contribution in [3.8, 4) is 45.0 Å². The van der Waals surface area contributed by atoms with Gasteiger partial charge in [-0.05, 0) is 57.1 Å². The van der Waals surface area contributed by atoms with Crippen molar-refractivity contribution < 1.29 is 4.42 Å². The molecule has 0 spiro atoms. The molecular formula is C49H33N3O. The third-order valence-corrected chi connectivity index (χ3v) is 10.3. The highest BCUT2D eigenvalue weighted by Crippen LogP contribution is 2.41. The third kappa shape index (κ3) is 5.62. The van der Waals surface area contributed by atoms with Gasteiger partial charge >= 0.3 is 0 Å². The number of hydrogen-bond donors (Lipinski definition) is 0. The first-order valence-electron chi connectivity index (χ1n) is 18.1. The maximum Gasteiger partial charge on any atom is 0.164 e. The van der Waals surface area contributed by atoms with Crippen LogP contribution in [0.5, 0.6) is 0 Å². The van der Waals surface area contributed by atoms with Crippen molar-refractivity contribution in [3.05, 3.63) is 193 Å². The van der Waals surface area contributed by atoms with Crippen molar-refractivity contribution >= 4 is 38.3 Å². The summed E-state index contributed by atoms with van der Waals surface area (Å²) in [5, 5.41) is 4.43. The Morgan fingerprint density at radius 1 is 0.434 bits per heavy atom. The number of rotatable bonds is 6. The number of hydrogen-bond acceptors (Lipinski definition) is 4. The molecule has 4 nitrogen and oxygen atoms in total. The molecule has 1 unspecified atom stereocenters. The van der Waals surface area contributed by atoms with E-state index in [1.807, 2.05) is 24.3 Å². The van der Waals surface area contributed by atoms with Crippen LogP contribution in [-0.4, -0.2) is 15.0 Å². The Hall–Kier alpha value is -6.91. The maximum absolute atomic E-state index is 6.27. The second-order valence-electron chi connectivity index (χ2n) is 13.5. The van der Waals surface area contributed by atoms with Gasteiger partial charge in [-0.15, -0.1) is 0 Å². The molecule has 0 N–H and O–H groups in total. The van der Waals surface area contributed by atoms with Gasteiger partial charge in [0.1, 0.15) is 11.2 Å². The van der Waals surface area contributed by atoms with E-state index in [1.165, 1.54) is 11.1 Å². The lowest BCUT2D eigenvalue weighted by Crippen LogP contribution is -2.05. The second-order valence-corrected chi connectivity index (χ2v) is 13.5. The maximum atomic E-state index is 6.27. The summed E-state index contributed by atoms with van der Waals surface area (Å²) in [5.74, 6) is 2.28. The van der Waals surface area contributed by atoms with E-state index < -0.39 is 0 Å². The first kappa shape index (κ1) is 30.9. The molecule has 4 heteroatoms. The van der Waals surface area contributed by atoms with Crippen molar-refractivity contribution in [3.63, 3.8) is 0 Å². The smallest absolute Gasteiger partial charge is 0.164 e. The fraction of sp³-hybridized carbons (Fsp3) is 0.0408. The summed E-state index contributed by atoms with van der Waals surface area (Å²) in [5.41, 5.74) is 10.6. The Morgan fingerprint density at radius 3 is 1.81 bits per heavy atom. The Kier molecular flexibility index (Phi) is 7.58. The molecule has 0 bridgehead atoms. The van der Waals surface area contributed by atoms with Gasteiger partial charge in [0.25, 0.3) is 0 Å². The summed E-state index contributed by atoms with van der Waals surface area (Å²) in [6, 6.07) is 57.1. The molecule has 0 radical (unpaired) electrons. The van der Waals surface area contributed by atoms with Crippen LogP contribution < -0.4 is 0 Å². The lowest BCUT2D eigenvalue weighted by atomic mass is 9.90. The van der Waals surface area contributed by atoms with Gasteiger partial charge in [0.05, 0.1) is 0 Å². The molecule has 9 aromatic rings. The van der Waals surface area contributed by atoms with E-state index in [2.05, 4.69) is 158 Å². The van der Waals surface area contributed by atoms with Crippen LogP contribution in [-0.2, 0) is 0 Å². The second kappa shape index (κ2) is 13.0. The van der Waals surface area contributed by atoms with Crippen LogP contribution >= 0.6 is 0 Å². The summed E-state index contributed by atoms with van der Waals surface area (Å²) in [6.07, 6.45) is 7.58. The lowest BCUT2D eigenvalue weighted by molar-refractivity contribution is 0.669. The van der Waals surface area contributed by atoms with E-state index in [9.17, 15) is 0 Å². The predicted molar refractivity (Wildman–Crippen MR) is 217 cm³/mol. The van der Waals surface area contributed by atoms with E-state index >= 15 is 0 Å². The number of benzene rings is 7. The van der Waals surface area contributed by atoms with Gasteiger partial charge in [0, 0.05) is 33.4 Å². The standard InChI is InChI=1S/C49H33N3O/c1-3-12-32(13-4-1)34-24-28-36(29-25-34)47-50-48(37-30-26-35(27-31-37)33-14-5-2-6-15-33)52-49(51-47)42-21-10-17-38-39(18-9-19-40(38)42)41-20-11-23-45-46(41)43-16-7-8-22-44(43)53-45/h1-26,28-31,35H,27H2. The molecule has 10 rings (SSSR count). The molecule has 0 aliphatic heterocycles. The minimum atomic E-state index is 0.319. The predicted octanol–water partition coefficient (Wildman–Crippen LogP) is 12.7. The number of allylic oxidation sites excluding steroid dienone is 4. The van der Waals surface area contributed by atoms with Crippen LogP contribution in [0.2, 0.25) is 0 Å². The Balaban J connectivity index is 1.12. The molecule has 1 aliphatic rings. The monoisotopic (exact) mass is 679 g/mol. The molecule has 0 fully saturated rings. The number of furan rings is 1. The first-order chi connectivity index (χ1) is 26.3. The third-order valence-electron chi connectivity index (χ3n) is 10.3. The molecule has 1 atom stereocenters. The van der Waals surface area contributed by atoms with Gasteiger partial charge < -0.3 is 4.42 Å². The minimum Gasteiger partial charge on any atom is -0.456 e. The molecule has 250 valence electrons. The molecule has 0 amide bonds. The summed E-state index contributed by atoms with van der Waals surface area (Å²) < 4.78 is 6.27. The number of para-hydroxylation sites is 1. The number of nitrogens with zero attached hydrogens (tertiary/aromatic N) is 3. The van der Waals surface area contributed by atoms with E-state index in [0.717, 1.165) is 72.5 Å². The van der Waals surface area contributed by atoms with Crippen molar-refractivity contribution in [2.45, 2.75) is 12.3 Å². The van der Waals surface area contributed by atoms with Crippen molar-refractivity contribution in [1.82, 2.24) is 15.0 Å². The van der Waals surface area contributed by atoms with Crippen molar-refractivity contribution in [2.75, 3.05) is 0 Å². The fourth-order valence-corrected chi connectivity index (χ4v) is 7.67. The summed E-state index contributed by atoms with van der Waals surface area (Å²) in [7, 11) is 0. The quantitative estimate of drug-likeness (QED) is 0.175. The van der Waals surface area contributed by atoms with Crippen molar-refractivity contribution in [1.29, 1.82) is 0 Å². The van der Waals surface area contributed by atoms with E-state index in [4.69, 9.17) is 19.4 Å². The van der Waals surface area contributed by atoms with Crippen LogP contribution in [0.25, 0.3) is 83.3 Å². The van der Waals surface area contributed by atoms with Crippen LogP contribution in [0.3, 0.4) is 0 Å². The summed E-state index contributed by atoms with van der Waals surface area (Å²) in [6.45, 7) is 0. The summed E-state index contributed by atoms with van der Waals surface area (Å²) >= 11 is 0. The summed E-state index contributed by atoms with van der Waals surface area (Å²) in [4.78, 5) is 15.5. The highest BCUT2D eigenvalue weighted by molar-refractivity contribution is 6.16. The topological polar surface area (TPSA) is 51.8 Å². The minimum absolute atomic E-state index is 0.319. The van der Waals surface area contributed by atoms with Gasteiger partial charge in [-0.2, -0.15) is 0 Å². The largest absolute Gasteiger partial charge is 0.456 e. The molecule has 7 aromatic carbocycles. The highest BCUT2D eigenvalue weighted by Gasteiger charge is 2.20. The average molecular weight is 680 g/mol. The number of fused-ring (bicyclic) bond motifs is 4. The van der Waals surface area contributed by atoms with Crippen molar-refractivity contribution in [2.24, 2.45) is 0 Å². The lowest BCUT2D eigenvalue weighted by Gasteiger charge is -2.17. The first-order valence-corrected chi connectivity index (χ1v) is 18.1. The normalized spacial score (nSPS) is 14.2. The molecule has 1 aliphatic carbocycles. The van der Waals surface area contributed by atoms with Crippen LogP contribution in [0, 0.1) is 0 Å². The molecule has 2 heterocycles. The van der Waals surface area contributed by atoms with E-state index in [0.29, 0.717) is 23.4 Å². The van der Waals surface area contributed by atoms with E-state index in [1.54, 1.807) is 0 Å². The molecule has 2 aromatic heterocycles. The van der Waals surface area contributed by atoms with Gasteiger partial charge in [-0.25, -0.2) is 15.0 Å². The van der Waals surface area contributed by atoms with Crippen LogP contribution in [0.15, 0.2) is 186 Å². The zero-order valence-corrected chi connectivity index (χ0v) is 28.9. The Labute approximate surface area is 307 Å². The molecule has 0 saturated heterocycles. The Morgan fingerprint density at radius 2 is 1.02 bits per heavy atom. The SMILES string of the molecule is C1=CC(c2ccccc2)CC=C1c1nc(-c2ccc(-c3ccccc3)cc2)nc(-c2cccc3c(-c4cccc5oc6ccccc6c45)cccc23)n1.